The number of rotatable bonds is 5. The van der Waals surface area contributed by atoms with Gasteiger partial charge in [-0.05, 0) is 11.6 Å². The molecule has 1 rings (SSSR count). The van der Waals surface area contributed by atoms with Crippen molar-refractivity contribution in [2.45, 2.75) is 0 Å². The number of carbonyl (C=O) groups excluding carboxylic acids is 1. The molecule has 1 aromatic carbocycles. The number of carboxylic acid groups (broad SMARTS) is 4. The molecule has 0 radical (unpaired) electrons. The molecule has 25 heavy (non-hydrogen) atoms. The molecule has 128 valence electrons. The molecule has 0 bridgehead atoms. The van der Waals surface area contributed by atoms with Crippen LogP contribution >= 0.6 is 0 Å². The number of benzene rings is 1. The van der Waals surface area contributed by atoms with Gasteiger partial charge >= 0.3 is 47.5 Å². The average Bonchev–Trinajstić information content (AvgIpc) is 2.53. The molecule has 0 spiro atoms. The molecule has 0 unspecified atom stereocenters. The number of aliphatic carboxylic acids is 4. The second-order valence-corrected chi connectivity index (χ2v) is 3.62. The SMILES string of the molecule is C=Cc1ccccc1.O=C(O)/C=C\C(=O)O.O=C([O-])/C=C\C(=O)O.[Na+]. The fraction of sp³-hybridized carbons (Fsp3) is 0. The molecule has 0 amide bonds. The van der Waals surface area contributed by atoms with Gasteiger partial charge in [0.05, 0.1) is 5.97 Å². The smallest absolute Gasteiger partial charge is 0.545 e. The molecule has 1 aromatic rings. The van der Waals surface area contributed by atoms with Crippen LogP contribution < -0.4 is 34.7 Å². The molecular weight excluding hydrogens is 343 g/mol. The van der Waals surface area contributed by atoms with E-state index in [1.165, 1.54) is 5.56 Å². The molecule has 0 aromatic heterocycles. The summed E-state index contributed by atoms with van der Waals surface area (Å²) in [6, 6.07) is 10.0. The maximum Gasteiger partial charge on any atom is 1.00 e. The summed E-state index contributed by atoms with van der Waals surface area (Å²) in [5, 5.41) is 32.9. The normalized spacial score (nSPS) is 8.80. The summed E-state index contributed by atoms with van der Waals surface area (Å²) in [6.45, 7) is 3.63. The van der Waals surface area contributed by atoms with E-state index >= 15 is 0 Å². The predicted octanol–water partition coefficient (Wildman–Crippen LogP) is -2.58. The Morgan fingerprint density at radius 3 is 1.36 bits per heavy atom. The first-order chi connectivity index (χ1) is 11.2. The molecule has 8 nitrogen and oxygen atoms in total. The van der Waals surface area contributed by atoms with Gasteiger partial charge in [-0.3, -0.25) is 0 Å². The topological polar surface area (TPSA) is 152 Å². The van der Waals surface area contributed by atoms with Crippen molar-refractivity contribution in [3.8, 4) is 0 Å². The Labute approximate surface area is 165 Å². The van der Waals surface area contributed by atoms with E-state index in [2.05, 4.69) is 6.58 Å². The Bertz CT molecular complexity index is 554. The molecule has 9 heteroatoms. The van der Waals surface area contributed by atoms with E-state index in [1.54, 1.807) is 0 Å². The molecule has 0 aliphatic rings. The van der Waals surface area contributed by atoms with Crippen molar-refractivity contribution in [1.29, 1.82) is 0 Å². The quantitative estimate of drug-likeness (QED) is 0.383. The van der Waals surface area contributed by atoms with Gasteiger partial charge in [0.15, 0.2) is 0 Å². The molecule has 0 heterocycles. The molecule has 0 atom stereocenters. The van der Waals surface area contributed by atoms with Crippen molar-refractivity contribution in [3.05, 3.63) is 66.8 Å². The zero-order valence-corrected chi connectivity index (χ0v) is 15.4. The molecule has 0 saturated heterocycles. The first-order valence-electron chi connectivity index (χ1n) is 6.12. The molecular formula is C16H15NaO8. The zero-order valence-electron chi connectivity index (χ0n) is 13.4. The van der Waals surface area contributed by atoms with E-state index in [4.69, 9.17) is 15.3 Å². The molecule has 0 aliphatic carbocycles. The van der Waals surface area contributed by atoms with Crippen LogP contribution in [0.15, 0.2) is 61.2 Å². The molecule has 0 saturated carbocycles. The van der Waals surface area contributed by atoms with Gasteiger partial charge in [-0.25, -0.2) is 14.4 Å². The van der Waals surface area contributed by atoms with Crippen molar-refractivity contribution in [1.82, 2.24) is 0 Å². The van der Waals surface area contributed by atoms with Crippen LogP contribution in [0.4, 0.5) is 0 Å². The van der Waals surface area contributed by atoms with Crippen LogP contribution in [-0.4, -0.2) is 39.2 Å². The van der Waals surface area contributed by atoms with Gasteiger partial charge in [0.1, 0.15) is 0 Å². The van der Waals surface area contributed by atoms with Crippen molar-refractivity contribution < 1.29 is 69.2 Å². The molecule has 3 N–H and O–H groups in total. The predicted molar refractivity (Wildman–Crippen MR) is 82.7 cm³/mol. The zero-order chi connectivity index (χ0) is 19.0. The van der Waals surface area contributed by atoms with E-state index < -0.39 is 23.9 Å². The molecule has 0 fully saturated rings. The standard InChI is InChI=1S/C8H8.2C4H4O4.Na/c1-2-8-6-4-3-5-7-8;2*5-3(6)1-2-4(7)8;/h2-7H,1H2;2*1-2H,(H,5,6)(H,7,8);/q;;;+1/p-1/b;2*2-1-;. The number of hydrogen-bond acceptors (Lipinski definition) is 5. The van der Waals surface area contributed by atoms with Gasteiger partial charge in [-0.15, -0.1) is 0 Å². The average molecular weight is 358 g/mol. The van der Waals surface area contributed by atoms with Gasteiger partial charge in [-0.1, -0.05) is 43.0 Å². The van der Waals surface area contributed by atoms with Gasteiger partial charge in [0.25, 0.3) is 0 Å². The fourth-order valence-corrected chi connectivity index (χ4v) is 0.871. The number of carbonyl (C=O) groups is 4. The number of hydrogen-bond donors (Lipinski definition) is 3. The second kappa shape index (κ2) is 17.7. The maximum atomic E-state index is 9.55. The summed E-state index contributed by atoms with van der Waals surface area (Å²) in [5.74, 6) is -5.32. The Morgan fingerprint density at radius 2 is 1.16 bits per heavy atom. The van der Waals surface area contributed by atoms with Crippen molar-refractivity contribution in [3.63, 3.8) is 0 Å². The maximum absolute atomic E-state index is 9.55. The second-order valence-electron chi connectivity index (χ2n) is 3.62. The Balaban J connectivity index is -0.000000285. The van der Waals surface area contributed by atoms with Crippen LogP contribution in [0.2, 0.25) is 0 Å². The van der Waals surface area contributed by atoms with E-state index in [0.717, 1.165) is 0 Å². The largest absolute Gasteiger partial charge is 1.00 e. The summed E-state index contributed by atoms with van der Waals surface area (Å²) in [4.78, 5) is 38.1. The van der Waals surface area contributed by atoms with Crippen LogP contribution in [0.25, 0.3) is 6.08 Å². The van der Waals surface area contributed by atoms with E-state index in [-0.39, 0.29) is 29.6 Å². The van der Waals surface area contributed by atoms with Crippen LogP contribution in [0.3, 0.4) is 0 Å². The van der Waals surface area contributed by atoms with E-state index in [9.17, 15) is 24.3 Å². The van der Waals surface area contributed by atoms with Gasteiger partial charge in [0, 0.05) is 18.2 Å². The van der Waals surface area contributed by atoms with Gasteiger partial charge < -0.3 is 25.2 Å². The Kier molecular flexibility index (Phi) is 19.2. The van der Waals surface area contributed by atoms with Crippen LogP contribution in [0.5, 0.6) is 0 Å². The van der Waals surface area contributed by atoms with Crippen molar-refractivity contribution in [2.75, 3.05) is 0 Å². The van der Waals surface area contributed by atoms with Crippen LogP contribution in [-0.2, 0) is 19.2 Å². The van der Waals surface area contributed by atoms with Crippen molar-refractivity contribution in [2.24, 2.45) is 0 Å². The summed E-state index contributed by atoms with van der Waals surface area (Å²) in [7, 11) is 0. The fourth-order valence-electron chi connectivity index (χ4n) is 0.871. The minimum absolute atomic E-state index is 0. The Hall–Kier alpha value is -2.68. The van der Waals surface area contributed by atoms with E-state index in [1.807, 2.05) is 36.4 Å². The van der Waals surface area contributed by atoms with Gasteiger partial charge in [0.2, 0.25) is 0 Å². The Morgan fingerprint density at radius 1 is 0.800 bits per heavy atom. The third kappa shape index (κ3) is 26.5. The number of carboxylic acids is 4. The summed E-state index contributed by atoms with van der Waals surface area (Å²) >= 11 is 0. The summed E-state index contributed by atoms with van der Waals surface area (Å²) in [6.07, 6.45) is 3.89. The minimum Gasteiger partial charge on any atom is -0.545 e. The first-order valence-corrected chi connectivity index (χ1v) is 6.12. The van der Waals surface area contributed by atoms with Crippen LogP contribution in [0, 0.1) is 0 Å². The third-order valence-electron chi connectivity index (χ3n) is 1.77. The third-order valence-corrected chi connectivity index (χ3v) is 1.77. The summed E-state index contributed by atoms with van der Waals surface area (Å²) < 4.78 is 0. The minimum atomic E-state index is -1.51. The molecule has 0 aliphatic heterocycles. The monoisotopic (exact) mass is 358 g/mol. The van der Waals surface area contributed by atoms with Crippen LogP contribution in [0.1, 0.15) is 5.56 Å². The van der Waals surface area contributed by atoms with Gasteiger partial charge in [-0.2, -0.15) is 0 Å². The van der Waals surface area contributed by atoms with E-state index in [0.29, 0.717) is 24.3 Å². The summed E-state index contributed by atoms with van der Waals surface area (Å²) in [5.41, 5.74) is 1.17. The first kappa shape index (κ1) is 27.2. The van der Waals surface area contributed by atoms with Crippen molar-refractivity contribution >= 4 is 30.0 Å².